The molecule has 1 aliphatic rings. The summed E-state index contributed by atoms with van der Waals surface area (Å²) in [6.45, 7) is 4.42. The zero-order chi connectivity index (χ0) is 12.3. The van der Waals surface area contributed by atoms with E-state index >= 15 is 0 Å². The molecule has 1 fully saturated rings. The zero-order valence-electron chi connectivity index (χ0n) is 10.7. The van der Waals surface area contributed by atoms with Crippen molar-refractivity contribution in [3.63, 3.8) is 0 Å². The van der Waals surface area contributed by atoms with Crippen LogP contribution in [0.25, 0.3) is 0 Å². The van der Waals surface area contributed by atoms with E-state index in [4.69, 9.17) is 0 Å². The molecule has 0 bridgehead atoms. The highest BCUT2D eigenvalue weighted by atomic mass is 79.9. The molecule has 1 N–H and O–H groups in total. The molecule has 0 amide bonds. The second kappa shape index (κ2) is 5.87. The summed E-state index contributed by atoms with van der Waals surface area (Å²) in [4.78, 5) is 2.35. The maximum Gasteiger partial charge on any atom is 0.0367 e. The number of likely N-dealkylation sites (N-methyl/N-ethyl adjacent to an activating group) is 1. The van der Waals surface area contributed by atoms with Crippen LogP contribution >= 0.6 is 15.9 Å². The minimum atomic E-state index is 0.651. The number of halogens is 1. The number of hydrogen-bond acceptors (Lipinski definition) is 2. The molecule has 1 aromatic rings. The standard InChI is InChI=1S/C14H21BrN2/c1-11-9-13(6-7-14(11)15)17(2)10-12-5-3-4-8-16-12/h6-7,9,12,16H,3-5,8,10H2,1-2H3. The van der Waals surface area contributed by atoms with Crippen molar-refractivity contribution in [2.45, 2.75) is 32.2 Å². The Bertz CT molecular complexity index is 372. The molecule has 94 valence electrons. The Hall–Kier alpha value is -0.540. The molecule has 0 spiro atoms. The molecule has 17 heavy (non-hydrogen) atoms. The van der Waals surface area contributed by atoms with Gasteiger partial charge in [0.25, 0.3) is 0 Å². The topological polar surface area (TPSA) is 15.3 Å². The van der Waals surface area contributed by atoms with Gasteiger partial charge in [-0.2, -0.15) is 0 Å². The monoisotopic (exact) mass is 296 g/mol. The first-order valence-electron chi connectivity index (χ1n) is 6.37. The van der Waals surface area contributed by atoms with E-state index in [9.17, 15) is 0 Å². The highest BCUT2D eigenvalue weighted by Gasteiger charge is 2.14. The van der Waals surface area contributed by atoms with Gasteiger partial charge in [0.1, 0.15) is 0 Å². The van der Waals surface area contributed by atoms with Crippen LogP contribution < -0.4 is 10.2 Å². The highest BCUT2D eigenvalue weighted by molar-refractivity contribution is 9.10. The average Bonchev–Trinajstić information content (AvgIpc) is 2.34. The summed E-state index contributed by atoms with van der Waals surface area (Å²) in [5.41, 5.74) is 2.60. The van der Waals surface area contributed by atoms with Gasteiger partial charge in [0.2, 0.25) is 0 Å². The number of hydrogen-bond donors (Lipinski definition) is 1. The fourth-order valence-electron chi connectivity index (χ4n) is 2.38. The van der Waals surface area contributed by atoms with Crippen molar-refractivity contribution in [3.05, 3.63) is 28.2 Å². The van der Waals surface area contributed by atoms with Crippen LogP contribution in [0.2, 0.25) is 0 Å². The van der Waals surface area contributed by atoms with Crippen molar-refractivity contribution in [2.24, 2.45) is 0 Å². The molecule has 2 rings (SSSR count). The Labute approximate surface area is 113 Å². The summed E-state index contributed by atoms with van der Waals surface area (Å²) in [5, 5.41) is 3.59. The van der Waals surface area contributed by atoms with E-state index in [1.165, 1.54) is 41.5 Å². The first-order chi connectivity index (χ1) is 8.16. The van der Waals surface area contributed by atoms with Crippen molar-refractivity contribution >= 4 is 21.6 Å². The largest absolute Gasteiger partial charge is 0.373 e. The Morgan fingerprint density at radius 3 is 2.88 bits per heavy atom. The van der Waals surface area contributed by atoms with E-state index in [1.54, 1.807) is 0 Å². The van der Waals surface area contributed by atoms with Crippen LogP contribution in [0.4, 0.5) is 5.69 Å². The molecule has 0 aliphatic carbocycles. The van der Waals surface area contributed by atoms with Gasteiger partial charge < -0.3 is 10.2 Å². The van der Waals surface area contributed by atoms with Crippen LogP contribution in [-0.2, 0) is 0 Å². The highest BCUT2D eigenvalue weighted by Crippen LogP contribution is 2.22. The molecule has 1 aliphatic heterocycles. The molecule has 1 atom stereocenters. The van der Waals surface area contributed by atoms with Gasteiger partial charge in [0, 0.05) is 29.8 Å². The lowest BCUT2D eigenvalue weighted by atomic mass is 10.0. The molecule has 3 heteroatoms. The normalized spacial score (nSPS) is 20.3. The summed E-state index contributed by atoms with van der Waals surface area (Å²) in [6, 6.07) is 7.21. The molecule has 1 heterocycles. The Morgan fingerprint density at radius 2 is 2.24 bits per heavy atom. The van der Waals surface area contributed by atoms with Gasteiger partial charge in [-0.1, -0.05) is 22.4 Å². The molecule has 1 unspecified atom stereocenters. The van der Waals surface area contributed by atoms with Crippen LogP contribution in [0.15, 0.2) is 22.7 Å². The SMILES string of the molecule is Cc1cc(N(C)CC2CCCCN2)ccc1Br. The van der Waals surface area contributed by atoms with Gasteiger partial charge >= 0.3 is 0 Å². The van der Waals surface area contributed by atoms with Crippen LogP contribution in [0.1, 0.15) is 24.8 Å². The smallest absolute Gasteiger partial charge is 0.0367 e. The summed E-state index contributed by atoms with van der Waals surface area (Å²) < 4.78 is 1.19. The van der Waals surface area contributed by atoms with Crippen LogP contribution in [-0.4, -0.2) is 26.2 Å². The van der Waals surface area contributed by atoms with E-state index in [2.05, 4.69) is 58.3 Å². The summed E-state index contributed by atoms with van der Waals surface area (Å²) in [6.07, 6.45) is 4.00. The molecule has 2 nitrogen and oxygen atoms in total. The van der Waals surface area contributed by atoms with E-state index in [-0.39, 0.29) is 0 Å². The summed E-state index contributed by atoms with van der Waals surface area (Å²) in [5.74, 6) is 0. The van der Waals surface area contributed by atoms with E-state index in [1.807, 2.05) is 0 Å². The number of anilines is 1. The van der Waals surface area contributed by atoms with E-state index in [0.29, 0.717) is 6.04 Å². The Balaban J connectivity index is 1.98. The summed E-state index contributed by atoms with van der Waals surface area (Å²) >= 11 is 3.55. The van der Waals surface area contributed by atoms with Crippen molar-refractivity contribution in [1.29, 1.82) is 0 Å². The lowest BCUT2D eigenvalue weighted by molar-refractivity contribution is 0.403. The number of piperidine rings is 1. The summed E-state index contributed by atoms with van der Waals surface area (Å²) in [7, 11) is 2.18. The Kier molecular flexibility index (Phi) is 4.46. The third-order valence-electron chi connectivity index (χ3n) is 3.49. The van der Waals surface area contributed by atoms with Gasteiger partial charge in [-0.25, -0.2) is 0 Å². The number of aryl methyl sites for hydroxylation is 1. The number of nitrogens with zero attached hydrogens (tertiary/aromatic N) is 1. The lowest BCUT2D eigenvalue weighted by Gasteiger charge is -2.29. The Morgan fingerprint density at radius 1 is 1.41 bits per heavy atom. The van der Waals surface area contributed by atoms with Gasteiger partial charge in [0.05, 0.1) is 0 Å². The fraction of sp³-hybridized carbons (Fsp3) is 0.571. The second-order valence-electron chi connectivity index (χ2n) is 4.96. The molecule has 1 saturated heterocycles. The third kappa shape index (κ3) is 3.46. The third-order valence-corrected chi connectivity index (χ3v) is 4.38. The van der Waals surface area contributed by atoms with E-state index < -0.39 is 0 Å². The molecular formula is C14H21BrN2. The first kappa shape index (κ1) is 12.9. The van der Waals surface area contributed by atoms with Gasteiger partial charge in [-0.15, -0.1) is 0 Å². The van der Waals surface area contributed by atoms with Crippen LogP contribution in [0, 0.1) is 6.92 Å². The number of rotatable bonds is 3. The fourth-order valence-corrected chi connectivity index (χ4v) is 2.63. The lowest BCUT2D eigenvalue weighted by Crippen LogP contribution is -2.42. The van der Waals surface area contributed by atoms with Gasteiger partial charge in [-0.3, -0.25) is 0 Å². The molecular weight excluding hydrogens is 276 g/mol. The predicted octanol–water partition coefficient (Wildman–Crippen LogP) is 3.34. The average molecular weight is 297 g/mol. The predicted molar refractivity (Wildman–Crippen MR) is 77.8 cm³/mol. The van der Waals surface area contributed by atoms with E-state index in [0.717, 1.165) is 6.54 Å². The second-order valence-corrected chi connectivity index (χ2v) is 5.82. The quantitative estimate of drug-likeness (QED) is 0.920. The maximum atomic E-state index is 3.59. The van der Waals surface area contributed by atoms with Crippen molar-refractivity contribution in [3.8, 4) is 0 Å². The molecule has 0 radical (unpaired) electrons. The molecule has 0 aromatic heterocycles. The minimum Gasteiger partial charge on any atom is -0.373 e. The van der Waals surface area contributed by atoms with Crippen LogP contribution in [0.3, 0.4) is 0 Å². The molecule has 1 aromatic carbocycles. The van der Waals surface area contributed by atoms with Crippen molar-refractivity contribution in [2.75, 3.05) is 25.0 Å². The zero-order valence-corrected chi connectivity index (χ0v) is 12.3. The maximum absolute atomic E-state index is 3.59. The number of nitrogens with one attached hydrogen (secondary N) is 1. The van der Waals surface area contributed by atoms with Gasteiger partial charge in [-0.05, 0) is 50.1 Å². The minimum absolute atomic E-state index is 0.651. The van der Waals surface area contributed by atoms with Crippen molar-refractivity contribution in [1.82, 2.24) is 5.32 Å². The first-order valence-corrected chi connectivity index (χ1v) is 7.17. The molecule has 0 saturated carbocycles. The van der Waals surface area contributed by atoms with Gasteiger partial charge in [0.15, 0.2) is 0 Å². The number of benzene rings is 1. The van der Waals surface area contributed by atoms with Crippen LogP contribution in [0.5, 0.6) is 0 Å². The van der Waals surface area contributed by atoms with Crippen molar-refractivity contribution < 1.29 is 0 Å².